The van der Waals surface area contributed by atoms with Crippen LogP contribution in [-0.4, -0.2) is 20.2 Å². The first-order valence-corrected chi connectivity index (χ1v) is 6.87. The Morgan fingerprint density at radius 3 is 3.00 bits per heavy atom. The summed E-state index contributed by atoms with van der Waals surface area (Å²) in [7, 11) is 0. The zero-order chi connectivity index (χ0) is 14.2. The Labute approximate surface area is 121 Å². The average Bonchev–Trinajstić information content (AvgIpc) is 3.14. The van der Waals surface area contributed by atoms with Crippen molar-refractivity contribution < 1.29 is 9.63 Å². The Morgan fingerprint density at radius 2 is 2.10 bits per heavy atom. The van der Waals surface area contributed by atoms with E-state index in [0.717, 1.165) is 12.8 Å². The number of aromatic hydroxyl groups is 1. The summed E-state index contributed by atoms with van der Waals surface area (Å²) >= 11 is 0. The molecule has 1 unspecified atom stereocenters. The molecule has 1 aromatic carbocycles. The van der Waals surface area contributed by atoms with E-state index in [0.29, 0.717) is 17.3 Å². The maximum Gasteiger partial charge on any atom is 0.261 e. The van der Waals surface area contributed by atoms with Gasteiger partial charge in [0.15, 0.2) is 5.82 Å². The minimum absolute atomic E-state index is 0.0412. The molecule has 0 spiro atoms. The second-order valence-corrected chi connectivity index (χ2v) is 5.14. The highest BCUT2D eigenvalue weighted by Gasteiger charge is 2.28. The number of nitrogens with zero attached hydrogens (tertiary/aromatic N) is 3. The van der Waals surface area contributed by atoms with Crippen molar-refractivity contribution in [2.45, 2.75) is 18.8 Å². The lowest BCUT2D eigenvalue weighted by Gasteiger charge is -2.05. The van der Waals surface area contributed by atoms with Crippen LogP contribution >= 0.6 is 0 Å². The van der Waals surface area contributed by atoms with Crippen LogP contribution in [0, 0.1) is 0 Å². The molecule has 0 radical (unpaired) electrons. The van der Waals surface area contributed by atoms with Gasteiger partial charge in [-0.05, 0) is 30.0 Å². The normalized spacial score (nSPS) is 16.9. The molecule has 1 N–H and O–H groups in total. The molecule has 0 saturated heterocycles. The van der Waals surface area contributed by atoms with E-state index in [4.69, 9.17) is 4.52 Å². The van der Waals surface area contributed by atoms with Crippen LogP contribution in [0.15, 0.2) is 47.2 Å². The molecule has 3 aromatic rings. The number of fused-ring (bicyclic) bond motifs is 1. The summed E-state index contributed by atoms with van der Waals surface area (Å²) in [5, 5.41) is 13.9. The van der Waals surface area contributed by atoms with Gasteiger partial charge in [0.05, 0.1) is 11.8 Å². The van der Waals surface area contributed by atoms with Gasteiger partial charge in [-0.1, -0.05) is 29.4 Å². The van der Waals surface area contributed by atoms with E-state index in [1.54, 1.807) is 12.3 Å². The fraction of sp³-hybridized carbons (Fsp3) is 0.188. The summed E-state index contributed by atoms with van der Waals surface area (Å²) in [6, 6.07) is 10.0. The van der Waals surface area contributed by atoms with Crippen LogP contribution < -0.4 is 0 Å². The van der Waals surface area contributed by atoms with Gasteiger partial charge >= 0.3 is 0 Å². The van der Waals surface area contributed by atoms with Crippen LogP contribution in [0.3, 0.4) is 0 Å². The fourth-order valence-corrected chi connectivity index (χ4v) is 2.88. The van der Waals surface area contributed by atoms with Crippen molar-refractivity contribution in [2.24, 2.45) is 0 Å². The van der Waals surface area contributed by atoms with Crippen molar-refractivity contribution in [1.29, 1.82) is 0 Å². The highest BCUT2D eigenvalue weighted by Crippen LogP contribution is 2.37. The molecule has 1 atom stereocenters. The van der Waals surface area contributed by atoms with E-state index in [9.17, 15) is 5.11 Å². The maximum absolute atomic E-state index is 9.81. The largest absolute Gasteiger partial charge is 0.505 e. The second kappa shape index (κ2) is 4.70. The Kier molecular flexibility index (Phi) is 2.70. The topological polar surface area (TPSA) is 72.0 Å². The standard InChI is InChI=1S/C16H13N3O2/c20-14-9-17-8-7-13(14)16-18-15(19-21-16)12-6-5-10-3-1-2-4-11(10)12/h1-4,7-9,12,20H,5-6H2. The van der Waals surface area contributed by atoms with E-state index in [2.05, 4.69) is 33.3 Å². The van der Waals surface area contributed by atoms with Crippen molar-refractivity contribution in [3.05, 3.63) is 59.7 Å². The van der Waals surface area contributed by atoms with Crippen LogP contribution in [0.25, 0.3) is 11.5 Å². The van der Waals surface area contributed by atoms with Gasteiger partial charge in [-0.25, -0.2) is 0 Å². The minimum atomic E-state index is 0.0412. The molecule has 0 saturated carbocycles. The van der Waals surface area contributed by atoms with Gasteiger partial charge < -0.3 is 9.63 Å². The molecule has 5 nitrogen and oxygen atoms in total. The molecule has 0 aliphatic heterocycles. The van der Waals surface area contributed by atoms with E-state index in [1.165, 1.54) is 17.3 Å². The summed E-state index contributed by atoms with van der Waals surface area (Å²) < 4.78 is 5.31. The van der Waals surface area contributed by atoms with Crippen LogP contribution in [-0.2, 0) is 6.42 Å². The summed E-state index contributed by atoms with van der Waals surface area (Å²) in [5.74, 6) is 1.21. The third kappa shape index (κ3) is 1.98. The summed E-state index contributed by atoms with van der Waals surface area (Å²) in [6.07, 6.45) is 4.97. The quantitative estimate of drug-likeness (QED) is 0.781. The second-order valence-electron chi connectivity index (χ2n) is 5.14. The summed E-state index contributed by atoms with van der Waals surface area (Å²) in [6.45, 7) is 0. The lowest BCUT2D eigenvalue weighted by molar-refractivity contribution is 0.414. The highest BCUT2D eigenvalue weighted by atomic mass is 16.5. The molecule has 21 heavy (non-hydrogen) atoms. The first-order valence-electron chi connectivity index (χ1n) is 6.87. The molecule has 4 rings (SSSR count). The number of pyridine rings is 1. The summed E-state index contributed by atoms with van der Waals surface area (Å²) in [5.41, 5.74) is 3.12. The third-order valence-corrected chi connectivity index (χ3v) is 3.92. The van der Waals surface area contributed by atoms with Crippen LogP contribution in [0.4, 0.5) is 0 Å². The molecule has 0 fully saturated rings. The van der Waals surface area contributed by atoms with E-state index in [-0.39, 0.29) is 11.7 Å². The van der Waals surface area contributed by atoms with Gasteiger partial charge in [0.2, 0.25) is 0 Å². The number of hydrogen-bond donors (Lipinski definition) is 1. The van der Waals surface area contributed by atoms with Gasteiger partial charge in [-0.15, -0.1) is 0 Å². The first kappa shape index (κ1) is 12.1. The lowest BCUT2D eigenvalue weighted by atomic mass is 10.0. The fourth-order valence-electron chi connectivity index (χ4n) is 2.88. The summed E-state index contributed by atoms with van der Waals surface area (Å²) in [4.78, 5) is 8.30. The molecule has 1 aliphatic rings. The SMILES string of the molecule is Oc1cnccc1-c1nc(C2CCc3ccccc32)no1. The highest BCUT2D eigenvalue weighted by molar-refractivity contribution is 5.60. The maximum atomic E-state index is 9.81. The van der Waals surface area contributed by atoms with Crippen LogP contribution in [0.1, 0.15) is 29.3 Å². The third-order valence-electron chi connectivity index (χ3n) is 3.92. The number of aryl methyl sites for hydroxylation is 1. The molecular formula is C16H13N3O2. The molecule has 0 amide bonds. The van der Waals surface area contributed by atoms with Gasteiger partial charge in [0.25, 0.3) is 5.89 Å². The molecule has 1 aliphatic carbocycles. The Morgan fingerprint density at radius 1 is 1.19 bits per heavy atom. The van der Waals surface area contributed by atoms with Crippen LogP contribution in [0.2, 0.25) is 0 Å². The Hall–Kier alpha value is -2.69. The smallest absolute Gasteiger partial charge is 0.261 e. The number of rotatable bonds is 2. The van der Waals surface area contributed by atoms with E-state index >= 15 is 0 Å². The van der Waals surface area contributed by atoms with Crippen molar-refractivity contribution in [3.8, 4) is 17.2 Å². The van der Waals surface area contributed by atoms with Crippen molar-refractivity contribution in [3.63, 3.8) is 0 Å². The number of hydrogen-bond acceptors (Lipinski definition) is 5. The molecule has 0 bridgehead atoms. The molecule has 2 heterocycles. The van der Waals surface area contributed by atoms with E-state index < -0.39 is 0 Å². The minimum Gasteiger partial charge on any atom is -0.505 e. The Balaban J connectivity index is 1.72. The predicted octanol–water partition coefficient (Wildman–Crippen LogP) is 2.92. The van der Waals surface area contributed by atoms with Crippen LogP contribution in [0.5, 0.6) is 5.75 Å². The zero-order valence-corrected chi connectivity index (χ0v) is 11.2. The van der Waals surface area contributed by atoms with Crippen molar-refractivity contribution >= 4 is 0 Å². The number of aromatic nitrogens is 3. The molecular weight excluding hydrogens is 266 g/mol. The van der Waals surface area contributed by atoms with Gasteiger partial charge in [-0.2, -0.15) is 4.98 Å². The monoisotopic (exact) mass is 279 g/mol. The van der Waals surface area contributed by atoms with Crippen molar-refractivity contribution in [1.82, 2.24) is 15.1 Å². The number of benzene rings is 1. The zero-order valence-electron chi connectivity index (χ0n) is 11.2. The first-order chi connectivity index (χ1) is 10.3. The van der Waals surface area contributed by atoms with Gasteiger partial charge in [0.1, 0.15) is 5.75 Å². The van der Waals surface area contributed by atoms with Crippen molar-refractivity contribution in [2.75, 3.05) is 0 Å². The lowest BCUT2D eigenvalue weighted by Crippen LogP contribution is -1.98. The predicted molar refractivity (Wildman–Crippen MR) is 75.8 cm³/mol. The molecule has 104 valence electrons. The Bertz CT molecular complexity index is 797. The average molecular weight is 279 g/mol. The molecule has 2 aromatic heterocycles. The van der Waals surface area contributed by atoms with Gasteiger partial charge in [0, 0.05) is 12.1 Å². The van der Waals surface area contributed by atoms with E-state index in [1.807, 2.05) is 6.07 Å². The molecule has 5 heteroatoms. The van der Waals surface area contributed by atoms with Gasteiger partial charge in [-0.3, -0.25) is 4.98 Å².